The molecular formula is C14H20BrN3. The van der Waals surface area contributed by atoms with E-state index in [1.165, 1.54) is 28.4 Å². The third-order valence-corrected chi connectivity index (χ3v) is 4.52. The van der Waals surface area contributed by atoms with E-state index in [0.29, 0.717) is 6.04 Å². The first kappa shape index (κ1) is 12.6. The van der Waals surface area contributed by atoms with Crippen molar-refractivity contribution in [3.05, 3.63) is 33.8 Å². The summed E-state index contributed by atoms with van der Waals surface area (Å²) < 4.78 is 1.20. The molecule has 1 unspecified atom stereocenters. The lowest BCUT2D eigenvalue weighted by molar-refractivity contribution is 0.0868. The Morgan fingerprint density at radius 3 is 2.78 bits per heavy atom. The van der Waals surface area contributed by atoms with Gasteiger partial charge in [0.1, 0.15) is 0 Å². The van der Waals surface area contributed by atoms with E-state index in [-0.39, 0.29) is 0 Å². The highest BCUT2D eigenvalue weighted by molar-refractivity contribution is 9.10. The Balaban J connectivity index is 1.66. The zero-order chi connectivity index (χ0) is 12.5. The van der Waals surface area contributed by atoms with E-state index in [9.17, 15) is 0 Å². The van der Waals surface area contributed by atoms with Gasteiger partial charge in [-0.2, -0.15) is 0 Å². The van der Waals surface area contributed by atoms with Crippen molar-refractivity contribution in [1.29, 1.82) is 0 Å². The van der Waals surface area contributed by atoms with Crippen LogP contribution in [0.15, 0.2) is 22.7 Å². The number of hydrazine groups is 1. The van der Waals surface area contributed by atoms with Crippen LogP contribution in [0.2, 0.25) is 0 Å². The van der Waals surface area contributed by atoms with E-state index in [0.717, 1.165) is 26.2 Å². The highest BCUT2D eigenvalue weighted by atomic mass is 79.9. The molecule has 0 radical (unpaired) electrons. The second-order valence-corrected chi connectivity index (χ2v) is 6.27. The predicted octanol–water partition coefficient (Wildman–Crippen LogP) is 2.19. The topological polar surface area (TPSA) is 18.5 Å². The molecule has 1 N–H and O–H groups in total. The number of nitrogens with one attached hydrogen (secondary N) is 1. The molecule has 1 aliphatic heterocycles. The number of likely N-dealkylation sites (N-methyl/N-ethyl adjacent to an activating group) is 1. The molecule has 4 heteroatoms. The first-order chi connectivity index (χ1) is 8.72. The summed E-state index contributed by atoms with van der Waals surface area (Å²) in [6.45, 7) is 4.57. The quantitative estimate of drug-likeness (QED) is 0.903. The molecule has 1 aliphatic carbocycles. The molecule has 0 aromatic heterocycles. The Labute approximate surface area is 117 Å². The molecule has 3 rings (SSSR count). The van der Waals surface area contributed by atoms with Crippen LogP contribution in [0.5, 0.6) is 0 Å². The summed E-state index contributed by atoms with van der Waals surface area (Å²) in [6, 6.07) is 7.20. The molecule has 0 saturated carbocycles. The molecule has 1 heterocycles. The van der Waals surface area contributed by atoms with Gasteiger partial charge in [0, 0.05) is 36.7 Å². The molecule has 2 aliphatic rings. The first-order valence-electron chi connectivity index (χ1n) is 6.70. The number of rotatable bonds is 2. The van der Waals surface area contributed by atoms with Crippen molar-refractivity contribution in [2.45, 2.75) is 18.9 Å². The van der Waals surface area contributed by atoms with Crippen molar-refractivity contribution in [1.82, 2.24) is 15.3 Å². The Bertz CT molecular complexity index is 427. The van der Waals surface area contributed by atoms with E-state index in [4.69, 9.17) is 0 Å². The fourth-order valence-corrected chi connectivity index (χ4v) is 3.28. The molecule has 0 bridgehead atoms. The van der Waals surface area contributed by atoms with E-state index < -0.39 is 0 Å². The van der Waals surface area contributed by atoms with Crippen molar-refractivity contribution in [2.24, 2.45) is 0 Å². The minimum absolute atomic E-state index is 0.511. The lowest BCUT2D eigenvalue weighted by Gasteiger charge is -2.34. The van der Waals surface area contributed by atoms with Crippen LogP contribution in [-0.4, -0.2) is 43.1 Å². The van der Waals surface area contributed by atoms with Crippen molar-refractivity contribution >= 4 is 15.9 Å². The van der Waals surface area contributed by atoms with E-state index in [1.807, 2.05) is 0 Å². The van der Waals surface area contributed by atoms with Gasteiger partial charge in [0.2, 0.25) is 0 Å². The van der Waals surface area contributed by atoms with Crippen molar-refractivity contribution in [3.63, 3.8) is 0 Å². The van der Waals surface area contributed by atoms with Crippen LogP contribution >= 0.6 is 15.9 Å². The average molecular weight is 310 g/mol. The summed E-state index contributed by atoms with van der Waals surface area (Å²) in [4.78, 5) is 2.39. The maximum absolute atomic E-state index is 3.71. The summed E-state index contributed by atoms with van der Waals surface area (Å²) in [5.41, 5.74) is 6.69. The normalized spacial score (nSPS) is 25.3. The summed E-state index contributed by atoms with van der Waals surface area (Å²) in [5, 5.41) is 2.39. The Kier molecular flexibility index (Phi) is 3.71. The summed E-state index contributed by atoms with van der Waals surface area (Å²) in [6.07, 6.45) is 2.41. The number of fused-ring (bicyclic) bond motifs is 1. The molecule has 0 amide bonds. The molecule has 18 heavy (non-hydrogen) atoms. The van der Waals surface area contributed by atoms with Crippen molar-refractivity contribution in [2.75, 3.05) is 33.2 Å². The zero-order valence-corrected chi connectivity index (χ0v) is 12.4. The van der Waals surface area contributed by atoms with Crippen molar-refractivity contribution in [3.8, 4) is 0 Å². The second kappa shape index (κ2) is 5.29. The van der Waals surface area contributed by atoms with Gasteiger partial charge in [0.25, 0.3) is 0 Å². The van der Waals surface area contributed by atoms with Gasteiger partial charge in [0.05, 0.1) is 0 Å². The molecule has 1 aromatic rings. The Morgan fingerprint density at radius 2 is 2.00 bits per heavy atom. The molecule has 1 saturated heterocycles. The van der Waals surface area contributed by atoms with E-state index >= 15 is 0 Å². The van der Waals surface area contributed by atoms with Gasteiger partial charge < -0.3 is 4.90 Å². The Morgan fingerprint density at radius 1 is 1.22 bits per heavy atom. The summed E-state index contributed by atoms with van der Waals surface area (Å²) in [7, 11) is 2.19. The minimum Gasteiger partial charge on any atom is -0.304 e. The summed E-state index contributed by atoms with van der Waals surface area (Å²) >= 11 is 3.55. The molecule has 3 nitrogen and oxygen atoms in total. The van der Waals surface area contributed by atoms with E-state index in [2.05, 4.69) is 56.5 Å². The van der Waals surface area contributed by atoms with Gasteiger partial charge in [-0.15, -0.1) is 0 Å². The van der Waals surface area contributed by atoms with Gasteiger partial charge in [-0.05, 0) is 43.1 Å². The molecule has 1 fully saturated rings. The fraction of sp³-hybridized carbons (Fsp3) is 0.571. The highest BCUT2D eigenvalue weighted by Gasteiger charge is 2.25. The standard InChI is InChI=1S/C14H20BrN3/c1-17-6-8-18(9-7-17)16-14-5-2-11-10-12(15)3-4-13(11)14/h3-4,10,14,16H,2,5-9H2,1H3. The van der Waals surface area contributed by atoms with Crippen LogP contribution in [-0.2, 0) is 6.42 Å². The van der Waals surface area contributed by atoms with Crippen LogP contribution in [0, 0.1) is 0 Å². The number of hydrogen-bond donors (Lipinski definition) is 1. The molecular weight excluding hydrogens is 290 g/mol. The first-order valence-corrected chi connectivity index (χ1v) is 7.49. The van der Waals surface area contributed by atoms with Gasteiger partial charge in [-0.1, -0.05) is 22.0 Å². The largest absolute Gasteiger partial charge is 0.304 e. The number of hydrogen-bond acceptors (Lipinski definition) is 3. The average Bonchev–Trinajstić information content (AvgIpc) is 2.74. The van der Waals surface area contributed by atoms with Crippen molar-refractivity contribution < 1.29 is 0 Å². The van der Waals surface area contributed by atoms with Gasteiger partial charge >= 0.3 is 0 Å². The van der Waals surface area contributed by atoms with Gasteiger partial charge in [0.15, 0.2) is 0 Å². The highest BCUT2D eigenvalue weighted by Crippen LogP contribution is 2.33. The SMILES string of the molecule is CN1CCN(NC2CCc3cc(Br)ccc32)CC1. The molecule has 0 spiro atoms. The number of piperazine rings is 1. The Hall–Kier alpha value is -0.420. The van der Waals surface area contributed by atoms with Gasteiger partial charge in [-0.25, -0.2) is 10.4 Å². The summed E-state index contributed by atoms with van der Waals surface area (Å²) in [5.74, 6) is 0. The lowest BCUT2D eigenvalue weighted by atomic mass is 10.1. The fourth-order valence-electron chi connectivity index (χ4n) is 2.88. The third kappa shape index (κ3) is 2.62. The maximum Gasteiger partial charge on any atom is 0.0470 e. The second-order valence-electron chi connectivity index (χ2n) is 5.35. The van der Waals surface area contributed by atoms with Crippen LogP contribution < -0.4 is 5.43 Å². The number of nitrogens with zero attached hydrogens (tertiary/aromatic N) is 2. The number of benzene rings is 1. The molecule has 1 aromatic carbocycles. The number of halogens is 1. The van der Waals surface area contributed by atoms with Crippen LogP contribution in [0.25, 0.3) is 0 Å². The van der Waals surface area contributed by atoms with Crippen LogP contribution in [0.1, 0.15) is 23.6 Å². The zero-order valence-electron chi connectivity index (χ0n) is 10.8. The smallest absolute Gasteiger partial charge is 0.0470 e. The molecule has 98 valence electrons. The maximum atomic E-state index is 3.71. The van der Waals surface area contributed by atoms with Crippen LogP contribution in [0.4, 0.5) is 0 Å². The van der Waals surface area contributed by atoms with Crippen LogP contribution in [0.3, 0.4) is 0 Å². The number of aryl methyl sites for hydroxylation is 1. The molecule has 1 atom stereocenters. The lowest BCUT2D eigenvalue weighted by Crippen LogP contribution is -2.51. The predicted molar refractivity (Wildman–Crippen MR) is 77.4 cm³/mol. The monoisotopic (exact) mass is 309 g/mol. The van der Waals surface area contributed by atoms with Gasteiger partial charge in [-0.3, -0.25) is 0 Å². The minimum atomic E-state index is 0.511. The third-order valence-electron chi connectivity index (χ3n) is 4.02. The van der Waals surface area contributed by atoms with E-state index in [1.54, 1.807) is 0 Å².